The number of ether oxygens (including phenoxy) is 1. The van der Waals surface area contributed by atoms with E-state index >= 15 is 0 Å². The van der Waals surface area contributed by atoms with Crippen molar-refractivity contribution < 1.29 is 19.4 Å². The summed E-state index contributed by atoms with van der Waals surface area (Å²) < 4.78 is 5.35. The van der Waals surface area contributed by atoms with E-state index in [-0.39, 0.29) is 12.3 Å². The van der Waals surface area contributed by atoms with Gasteiger partial charge in [-0.2, -0.15) is 0 Å². The summed E-state index contributed by atoms with van der Waals surface area (Å²) in [6.07, 6.45) is 2.55. The molecule has 0 saturated carbocycles. The van der Waals surface area contributed by atoms with Gasteiger partial charge in [0.1, 0.15) is 5.75 Å². The molecule has 0 fully saturated rings. The molecule has 2 rings (SSSR count). The van der Waals surface area contributed by atoms with Crippen molar-refractivity contribution in [1.82, 2.24) is 4.90 Å². The van der Waals surface area contributed by atoms with Crippen molar-refractivity contribution in [3.05, 3.63) is 29.3 Å². The molecule has 5 nitrogen and oxygen atoms in total. The Morgan fingerprint density at radius 1 is 1.29 bits per heavy atom. The third-order valence-corrected chi connectivity index (χ3v) is 3.83. The van der Waals surface area contributed by atoms with Crippen LogP contribution in [-0.4, -0.2) is 35.5 Å². The fraction of sp³-hybridized carbons (Fsp3) is 0.500. The number of nitrogens with zero attached hydrogens (tertiary/aromatic N) is 1. The molecule has 21 heavy (non-hydrogen) atoms. The fourth-order valence-electron chi connectivity index (χ4n) is 2.69. The Kier molecular flexibility index (Phi) is 5.20. The number of amides is 1. The molecule has 1 heterocycles. The second-order valence-electron chi connectivity index (χ2n) is 5.26. The summed E-state index contributed by atoms with van der Waals surface area (Å²) in [6, 6.07) is 5.92. The largest absolute Gasteiger partial charge is 0.496 e. The number of methoxy groups -OCH3 is 1. The second-order valence-corrected chi connectivity index (χ2v) is 5.26. The van der Waals surface area contributed by atoms with Crippen LogP contribution in [0.3, 0.4) is 0 Å². The Bertz CT molecular complexity index is 527. The smallest absolute Gasteiger partial charge is 0.303 e. The zero-order chi connectivity index (χ0) is 15.2. The molecular formula is C16H21NO4. The van der Waals surface area contributed by atoms with Crippen molar-refractivity contribution in [2.75, 3.05) is 13.7 Å². The van der Waals surface area contributed by atoms with Gasteiger partial charge in [-0.25, -0.2) is 0 Å². The zero-order valence-corrected chi connectivity index (χ0v) is 12.3. The van der Waals surface area contributed by atoms with E-state index in [1.165, 1.54) is 5.56 Å². The van der Waals surface area contributed by atoms with E-state index in [0.717, 1.165) is 17.7 Å². The summed E-state index contributed by atoms with van der Waals surface area (Å²) in [5, 5.41) is 8.58. The van der Waals surface area contributed by atoms with Gasteiger partial charge in [0.2, 0.25) is 5.91 Å². The van der Waals surface area contributed by atoms with Crippen LogP contribution in [0.5, 0.6) is 5.75 Å². The van der Waals surface area contributed by atoms with E-state index in [2.05, 4.69) is 0 Å². The Labute approximate surface area is 124 Å². The van der Waals surface area contributed by atoms with Crippen LogP contribution < -0.4 is 4.74 Å². The number of aliphatic carboxylic acids is 1. The normalized spacial score (nSPS) is 13.7. The number of unbranched alkanes of at least 4 members (excludes halogenated alkanes) is 1. The first-order valence-corrected chi connectivity index (χ1v) is 7.26. The molecule has 1 aliphatic heterocycles. The van der Waals surface area contributed by atoms with Crippen LogP contribution in [0.4, 0.5) is 0 Å². The van der Waals surface area contributed by atoms with E-state index in [0.29, 0.717) is 32.4 Å². The van der Waals surface area contributed by atoms with Gasteiger partial charge in [0, 0.05) is 31.5 Å². The Balaban J connectivity index is 1.89. The molecule has 0 unspecified atom stereocenters. The molecule has 114 valence electrons. The average molecular weight is 291 g/mol. The van der Waals surface area contributed by atoms with Gasteiger partial charge in [0.15, 0.2) is 0 Å². The number of rotatable bonds is 6. The molecule has 5 heteroatoms. The van der Waals surface area contributed by atoms with Crippen LogP contribution in [-0.2, 0) is 22.6 Å². The highest BCUT2D eigenvalue weighted by molar-refractivity contribution is 5.76. The lowest BCUT2D eigenvalue weighted by atomic mass is 9.98. The summed E-state index contributed by atoms with van der Waals surface area (Å²) >= 11 is 0. The number of carboxylic acids is 1. The van der Waals surface area contributed by atoms with Gasteiger partial charge in [0.25, 0.3) is 0 Å². The molecule has 0 bridgehead atoms. The summed E-state index contributed by atoms with van der Waals surface area (Å²) in [6.45, 7) is 1.31. The number of carbonyl (C=O) groups is 2. The molecule has 0 saturated heterocycles. The van der Waals surface area contributed by atoms with Crippen molar-refractivity contribution in [3.63, 3.8) is 0 Å². The number of hydrogen-bond acceptors (Lipinski definition) is 3. The molecule has 1 aromatic carbocycles. The van der Waals surface area contributed by atoms with Gasteiger partial charge in [-0.3, -0.25) is 9.59 Å². The molecule has 0 atom stereocenters. The van der Waals surface area contributed by atoms with E-state index in [4.69, 9.17) is 9.84 Å². The van der Waals surface area contributed by atoms with E-state index in [1.54, 1.807) is 7.11 Å². The van der Waals surface area contributed by atoms with Gasteiger partial charge in [-0.05, 0) is 30.9 Å². The minimum Gasteiger partial charge on any atom is -0.496 e. The first-order valence-electron chi connectivity index (χ1n) is 7.26. The maximum Gasteiger partial charge on any atom is 0.303 e. The first-order chi connectivity index (χ1) is 10.1. The van der Waals surface area contributed by atoms with E-state index in [9.17, 15) is 9.59 Å². The highest BCUT2D eigenvalue weighted by Crippen LogP contribution is 2.28. The van der Waals surface area contributed by atoms with Gasteiger partial charge in [-0.1, -0.05) is 12.1 Å². The molecule has 1 N–H and O–H groups in total. The standard InChI is InChI=1S/C16H21NO4/c1-21-14-6-4-5-12-11-17(10-9-13(12)14)15(18)7-2-3-8-16(19)20/h4-6H,2-3,7-11H2,1H3,(H,19,20). The third kappa shape index (κ3) is 3.97. The summed E-state index contributed by atoms with van der Waals surface area (Å²) in [5.41, 5.74) is 2.33. The predicted octanol–water partition coefficient (Wildman–Crippen LogP) is 2.22. The van der Waals surface area contributed by atoms with Crippen LogP contribution in [0.25, 0.3) is 0 Å². The highest BCUT2D eigenvalue weighted by Gasteiger charge is 2.22. The minimum atomic E-state index is -0.804. The number of hydrogen-bond donors (Lipinski definition) is 1. The monoisotopic (exact) mass is 291 g/mol. The SMILES string of the molecule is COc1cccc2c1CCN(C(=O)CCCCC(=O)O)C2. The summed E-state index contributed by atoms with van der Waals surface area (Å²) in [5.74, 6) is 0.191. The quantitative estimate of drug-likeness (QED) is 0.816. The Hall–Kier alpha value is -2.04. The molecular weight excluding hydrogens is 270 g/mol. The van der Waals surface area contributed by atoms with Gasteiger partial charge in [-0.15, -0.1) is 0 Å². The lowest BCUT2D eigenvalue weighted by Crippen LogP contribution is -2.35. The average Bonchev–Trinajstić information content (AvgIpc) is 2.49. The van der Waals surface area contributed by atoms with Gasteiger partial charge in [0.05, 0.1) is 7.11 Å². The van der Waals surface area contributed by atoms with Crippen molar-refractivity contribution in [2.45, 2.75) is 38.6 Å². The number of benzene rings is 1. The summed E-state index contributed by atoms with van der Waals surface area (Å²) in [7, 11) is 1.66. The van der Waals surface area contributed by atoms with Crippen molar-refractivity contribution in [2.24, 2.45) is 0 Å². The van der Waals surface area contributed by atoms with Crippen LogP contribution >= 0.6 is 0 Å². The van der Waals surface area contributed by atoms with Crippen molar-refractivity contribution in [1.29, 1.82) is 0 Å². The van der Waals surface area contributed by atoms with Crippen molar-refractivity contribution in [3.8, 4) is 5.75 Å². The topological polar surface area (TPSA) is 66.8 Å². The van der Waals surface area contributed by atoms with Crippen LogP contribution in [0, 0.1) is 0 Å². The van der Waals surface area contributed by atoms with Gasteiger partial charge >= 0.3 is 5.97 Å². The first kappa shape index (κ1) is 15.4. The van der Waals surface area contributed by atoms with Crippen LogP contribution in [0.1, 0.15) is 36.8 Å². The Morgan fingerprint density at radius 2 is 2.05 bits per heavy atom. The van der Waals surface area contributed by atoms with Gasteiger partial charge < -0.3 is 14.7 Å². The lowest BCUT2D eigenvalue weighted by Gasteiger charge is -2.29. The Morgan fingerprint density at radius 3 is 2.76 bits per heavy atom. The molecule has 0 radical (unpaired) electrons. The summed E-state index contributed by atoms with van der Waals surface area (Å²) in [4.78, 5) is 24.4. The highest BCUT2D eigenvalue weighted by atomic mass is 16.5. The van der Waals surface area contributed by atoms with Crippen molar-refractivity contribution >= 4 is 11.9 Å². The van der Waals surface area contributed by atoms with E-state index in [1.807, 2.05) is 23.1 Å². The minimum absolute atomic E-state index is 0.105. The van der Waals surface area contributed by atoms with Crippen LogP contribution in [0.2, 0.25) is 0 Å². The molecule has 0 spiro atoms. The third-order valence-electron chi connectivity index (χ3n) is 3.83. The maximum atomic E-state index is 12.2. The van der Waals surface area contributed by atoms with E-state index < -0.39 is 5.97 Å². The number of carbonyl (C=O) groups excluding carboxylic acids is 1. The molecule has 1 aliphatic rings. The molecule has 1 aromatic rings. The number of fused-ring (bicyclic) bond motifs is 1. The fourth-order valence-corrected chi connectivity index (χ4v) is 2.69. The lowest BCUT2D eigenvalue weighted by molar-refractivity contribution is -0.137. The molecule has 0 aliphatic carbocycles. The predicted molar refractivity (Wildman–Crippen MR) is 78.2 cm³/mol. The maximum absolute atomic E-state index is 12.2. The molecule has 0 aromatic heterocycles. The second kappa shape index (κ2) is 7.11. The van der Waals surface area contributed by atoms with Crippen LogP contribution in [0.15, 0.2) is 18.2 Å². The zero-order valence-electron chi connectivity index (χ0n) is 12.3. The number of carboxylic acid groups (broad SMARTS) is 1. The molecule has 1 amide bonds.